The van der Waals surface area contributed by atoms with Crippen LogP contribution in [0.4, 0.5) is 5.69 Å². The Bertz CT molecular complexity index is 855. The molecule has 2 aliphatic rings. The van der Waals surface area contributed by atoms with E-state index in [0.29, 0.717) is 19.1 Å². The Balaban J connectivity index is 1.27. The summed E-state index contributed by atoms with van der Waals surface area (Å²) in [6, 6.07) is 19.2. The van der Waals surface area contributed by atoms with Crippen molar-refractivity contribution in [1.29, 1.82) is 0 Å². The van der Waals surface area contributed by atoms with Gasteiger partial charge in [-0.3, -0.25) is 0 Å². The van der Waals surface area contributed by atoms with E-state index >= 15 is 0 Å². The van der Waals surface area contributed by atoms with Crippen LogP contribution >= 0.6 is 0 Å². The number of likely N-dealkylation sites (tertiary alicyclic amines) is 1. The van der Waals surface area contributed by atoms with Gasteiger partial charge in [0, 0.05) is 44.3 Å². The zero-order chi connectivity index (χ0) is 21.3. The highest BCUT2D eigenvalue weighted by Gasteiger charge is 2.25. The molecule has 1 unspecified atom stereocenters. The van der Waals surface area contributed by atoms with Gasteiger partial charge in [-0.1, -0.05) is 54.6 Å². The van der Waals surface area contributed by atoms with E-state index in [2.05, 4.69) is 82.7 Å². The average Bonchev–Trinajstić information content (AvgIpc) is 3.50. The normalized spacial score (nSPS) is 18.7. The van der Waals surface area contributed by atoms with Gasteiger partial charge in [-0.25, -0.2) is 4.99 Å². The quantitative estimate of drug-likeness (QED) is 0.399. The summed E-state index contributed by atoms with van der Waals surface area (Å²) >= 11 is 0. The maximum Gasteiger partial charge on any atom is 0.194 e. The molecular formula is C26H34N4O. The Hall–Kier alpha value is -2.79. The number of benzene rings is 2. The maximum absolute atomic E-state index is 5.98. The first-order valence-corrected chi connectivity index (χ1v) is 11.5. The molecule has 0 aliphatic carbocycles. The number of ether oxygens (including phenoxy) is 1. The lowest BCUT2D eigenvalue weighted by atomic mass is 10.1. The van der Waals surface area contributed by atoms with Gasteiger partial charge in [0.25, 0.3) is 0 Å². The van der Waals surface area contributed by atoms with Crippen molar-refractivity contribution in [2.75, 3.05) is 44.2 Å². The predicted molar refractivity (Wildman–Crippen MR) is 128 cm³/mol. The van der Waals surface area contributed by atoms with E-state index in [-0.39, 0.29) is 0 Å². The minimum Gasteiger partial charge on any atom is -0.376 e. The fraction of sp³-hybridized carbons (Fsp3) is 0.423. The Labute approximate surface area is 186 Å². The SMILES string of the molecule is CCNC(=NCc1ccc(N2CC=CC2)cc1)N1CCC(COCc2ccccc2)C1. The summed E-state index contributed by atoms with van der Waals surface area (Å²) in [4.78, 5) is 9.66. The van der Waals surface area contributed by atoms with Crippen molar-refractivity contribution in [1.82, 2.24) is 10.2 Å². The number of nitrogens with zero attached hydrogens (tertiary/aromatic N) is 3. The van der Waals surface area contributed by atoms with Crippen LogP contribution in [0.15, 0.2) is 71.7 Å². The van der Waals surface area contributed by atoms with Crippen LogP contribution < -0.4 is 10.2 Å². The van der Waals surface area contributed by atoms with E-state index in [1.54, 1.807) is 0 Å². The molecule has 0 spiro atoms. The lowest BCUT2D eigenvalue weighted by molar-refractivity contribution is 0.0906. The van der Waals surface area contributed by atoms with Crippen LogP contribution in [-0.2, 0) is 17.9 Å². The molecule has 31 heavy (non-hydrogen) atoms. The van der Waals surface area contributed by atoms with Crippen molar-refractivity contribution in [2.45, 2.75) is 26.5 Å². The maximum atomic E-state index is 5.98. The van der Waals surface area contributed by atoms with Gasteiger partial charge in [0.1, 0.15) is 0 Å². The molecule has 1 fully saturated rings. The van der Waals surface area contributed by atoms with Crippen LogP contribution in [0.1, 0.15) is 24.5 Å². The van der Waals surface area contributed by atoms with E-state index in [1.807, 2.05) is 6.07 Å². The van der Waals surface area contributed by atoms with Crippen LogP contribution in [0.2, 0.25) is 0 Å². The van der Waals surface area contributed by atoms with Gasteiger partial charge in [-0.05, 0) is 36.6 Å². The molecule has 164 valence electrons. The van der Waals surface area contributed by atoms with Gasteiger partial charge in [-0.2, -0.15) is 0 Å². The number of hydrogen-bond acceptors (Lipinski definition) is 3. The van der Waals surface area contributed by atoms with E-state index in [9.17, 15) is 0 Å². The fourth-order valence-electron chi connectivity index (χ4n) is 4.17. The minimum atomic E-state index is 0.556. The smallest absolute Gasteiger partial charge is 0.194 e. The molecule has 2 heterocycles. The molecule has 5 heteroatoms. The van der Waals surface area contributed by atoms with Crippen molar-refractivity contribution >= 4 is 11.6 Å². The molecular weight excluding hydrogens is 384 g/mol. The molecule has 1 N–H and O–H groups in total. The second-order valence-corrected chi connectivity index (χ2v) is 8.31. The minimum absolute atomic E-state index is 0.556. The number of hydrogen-bond donors (Lipinski definition) is 1. The van der Waals surface area contributed by atoms with Crippen molar-refractivity contribution in [3.05, 3.63) is 77.9 Å². The zero-order valence-corrected chi connectivity index (χ0v) is 18.5. The Morgan fingerprint density at radius 2 is 1.81 bits per heavy atom. The Kier molecular flexibility index (Phi) is 7.61. The zero-order valence-electron chi connectivity index (χ0n) is 18.5. The Morgan fingerprint density at radius 1 is 1.03 bits per heavy atom. The monoisotopic (exact) mass is 418 g/mol. The third-order valence-electron chi connectivity index (χ3n) is 5.92. The van der Waals surface area contributed by atoms with Crippen LogP contribution in [0.25, 0.3) is 0 Å². The number of anilines is 1. The summed E-state index contributed by atoms with van der Waals surface area (Å²) in [5.41, 5.74) is 3.76. The van der Waals surface area contributed by atoms with Gasteiger partial charge in [0.05, 0.1) is 19.8 Å². The molecule has 1 atom stereocenters. The molecule has 0 amide bonds. The van der Waals surface area contributed by atoms with Crippen LogP contribution in [-0.4, -0.2) is 50.2 Å². The molecule has 0 radical (unpaired) electrons. The highest BCUT2D eigenvalue weighted by molar-refractivity contribution is 5.80. The third kappa shape index (κ3) is 6.11. The summed E-state index contributed by atoms with van der Waals surface area (Å²) in [7, 11) is 0. The summed E-state index contributed by atoms with van der Waals surface area (Å²) in [6.07, 6.45) is 5.59. The summed E-state index contributed by atoms with van der Waals surface area (Å²) in [5, 5.41) is 3.47. The number of guanidine groups is 1. The van der Waals surface area contributed by atoms with E-state index in [0.717, 1.165) is 51.7 Å². The summed E-state index contributed by atoms with van der Waals surface area (Å²) in [5.74, 6) is 1.57. The molecule has 2 aromatic rings. The topological polar surface area (TPSA) is 40.1 Å². The largest absolute Gasteiger partial charge is 0.376 e. The molecule has 2 aliphatic heterocycles. The van der Waals surface area contributed by atoms with Gasteiger partial charge in [-0.15, -0.1) is 0 Å². The second-order valence-electron chi connectivity index (χ2n) is 8.31. The van der Waals surface area contributed by atoms with Crippen molar-refractivity contribution in [3.63, 3.8) is 0 Å². The van der Waals surface area contributed by atoms with E-state index < -0.39 is 0 Å². The molecule has 2 aromatic carbocycles. The number of rotatable bonds is 8. The lowest BCUT2D eigenvalue weighted by Gasteiger charge is -2.22. The summed E-state index contributed by atoms with van der Waals surface area (Å²) in [6.45, 7) is 9.25. The van der Waals surface area contributed by atoms with Crippen LogP contribution in [0.5, 0.6) is 0 Å². The van der Waals surface area contributed by atoms with Gasteiger partial charge >= 0.3 is 0 Å². The number of nitrogens with one attached hydrogen (secondary N) is 1. The van der Waals surface area contributed by atoms with Gasteiger partial charge in [0.15, 0.2) is 5.96 Å². The molecule has 0 aromatic heterocycles. The van der Waals surface area contributed by atoms with Crippen molar-refractivity contribution < 1.29 is 4.74 Å². The molecule has 1 saturated heterocycles. The molecule has 5 nitrogen and oxygen atoms in total. The van der Waals surface area contributed by atoms with Crippen LogP contribution in [0, 0.1) is 5.92 Å². The third-order valence-corrected chi connectivity index (χ3v) is 5.92. The first-order valence-electron chi connectivity index (χ1n) is 11.5. The van der Waals surface area contributed by atoms with Crippen molar-refractivity contribution in [3.8, 4) is 0 Å². The van der Waals surface area contributed by atoms with E-state index in [1.165, 1.54) is 16.8 Å². The highest BCUT2D eigenvalue weighted by atomic mass is 16.5. The van der Waals surface area contributed by atoms with Gasteiger partial charge < -0.3 is 19.9 Å². The van der Waals surface area contributed by atoms with Gasteiger partial charge in [0.2, 0.25) is 0 Å². The first-order chi connectivity index (χ1) is 15.3. The predicted octanol–water partition coefficient (Wildman–Crippen LogP) is 4.07. The second kappa shape index (κ2) is 11.0. The fourth-order valence-corrected chi connectivity index (χ4v) is 4.17. The molecule has 0 saturated carbocycles. The standard InChI is InChI=1S/C26H34N4O/c1-2-27-26(28-18-22-10-12-25(13-11-22)29-15-6-7-16-29)30-17-14-24(19-30)21-31-20-23-8-4-3-5-9-23/h3-13,24H,2,14-21H2,1H3,(H,27,28). The van der Waals surface area contributed by atoms with Crippen LogP contribution in [0.3, 0.4) is 0 Å². The average molecular weight is 419 g/mol. The first kappa shape index (κ1) is 21.4. The summed E-state index contributed by atoms with van der Waals surface area (Å²) < 4.78 is 5.98. The number of aliphatic imine (C=N–C) groups is 1. The molecule has 4 rings (SSSR count). The molecule has 0 bridgehead atoms. The lowest BCUT2D eigenvalue weighted by Crippen LogP contribution is -2.40. The highest BCUT2D eigenvalue weighted by Crippen LogP contribution is 2.19. The van der Waals surface area contributed by atoms with Crippen molar-refractivity contribution in [2.24, 2.45) is 10.9 Å². The Morgan fingerprint density at radius 3 is 2.55 bits per heavy atom. The van der Waals surface area contributed by atoms with E-state index in [4.69, 9.17) is 9.73 Å².